The van der Waals surface area contributed by atoms with Crippen LogP contribution in [0.15, 0.2) is 18.2 Å². The highest BCUT2D eigenvalue weighted by Gasteiger charge is 2.29. The number of amides is 1. The second-order valence-electron chi connectivity index (χ2n) is 3.40. The van der Waals surface area contributed by atoms with E-state index in [2.05, 4.69) is 0 Å². The van der Waals surface area contributed by atoms with Crippen LogP contribution in [0.5, 0.6) is 0 Å². The molecule has 0 saturated carbocycles. The molecule has 80 valence electrons. The van der Waals surface area contributed by atoms with Crippen molar-refractivity contribution < 1.29 is 18.3 Å². The minimum absolute atomic E-state index is 0.231. The van der Waals surface area contributed by atoms with Crippen LogP contribution in [0.4, 0.5) is 19.3 Å². The van der Waals surface area contributed by atoms with Crippen LogP contribution in [0.25, 0.3) is 0 Å². The van der Waals surface area contributed by atoms with Crippen LogP contribution in [0.2, 0.25) is 0 Å². The number of cyclic esters (lactones) is 1. The van der Waals surface area contributed by atoms with Crippen LogP contribution in [0.1, 0.15) is 6.92 Å². The zero-order valence-electron chi connectivity index (χ0n) is 8.04. The van der Waals surface area contributed by atoms with Crippen molar-refractivity contribution >= 4 is 11.8 Å². The largest absolute Gasteiger partial charge is 0.444 e. The smallest absolute Gasteiger partial charge is 0.414 e. The number of carbonyl (C=O) groups is 1. The van der Waals surface area contributed by atoms with Gasteiger partial charge in [-0.05, 0) is 19.1 Å². The van der Waals surface area contributed by atoms with Gasteiger partial charge in [0.25, 0.3) is 0 Å². The number of benzene rings is 1. The molecule has 1 heterocycles. The molecular formula is C10H9F2NO2. The summed E-state index contributed by atoms with van der Waals surface area (Å²) < 4.78 is 30.4. The third kappa shape index (κ3) is 1.77. The van der Waals surface area contributed by atoms with Crippen LogP contribution >= 0.6 is 0 Å². The molecule has 1 amide bonds. The summed E-state index contributed by atoms with van der Waals surface area (Å²) in [6, 6.07) is 3.31. The van der Waals surface area contributed by atoms with Crippen LogP contribution < -0.4 is 4.90 Å². The Morgan fingerprint density at radius 1 is 1.40 bits per heavy atom. The molecule has 1 aliphatic heterocycles. The SMILES string of the molecule is C[C@H]1CN(c2ccc(F)c(F)c2)C(=O)O1. The molecule has 2 rings (SSSR count). The third-order valence-electron chi connectivity index (χ3n) is 2.18. The van der Waals surface area contributed by atoms with Gasteiger partial charge in [0.2, 0.25) is 0 Å². The van der Waals surface area contributed by atoms with Gasteiger partial charge in [-0.25, -0.2) is 13.6 Å². The fraction of sp³-hybridized carbons (Fsp3) is 0.300. The summed E-state index contributed by atoms with van der Waals surface area (Å²) in [6.07, 6.45) is -0.765. The molecular weight excluding hydrogens is 204 g/mol. The van der Waals surface area contributed by atoms with E-state index >= 15 is 0 Å². The number of hydrogen-bond donors (Lipinski definition) is 0. The fourth-order valence-corrected chi connectivity index (χ4v) is 1.47. The van der Waals surface area contributed by atoms with Gasteiger partial charge >= 0.3 is 6.09 Å². The van der Waals surface area contributed by atoms with Crippen molar-refractivity contribution in [1.29, 1.82) is 0 Å². The molecule has 15 heavy (non-hydrogen) atoms. The zero-order valence-corrected chi connectivity index (χ0v) is 8.04. The molecule has 0 spiro atoms. The predicted octanol–water partition coefficient (Wildman–Crippen LogP) is 2.31. The Hall–Kier alpha value is -1.65. The number of ether oxygens (including phenoxy) is 1. The van der Waals surface area contributed by atoms with Crippen LogP contribution in [-0.4, -0.2) is 18.7 Å². The van der Waals surface area contributed by atoms with E-state index < -0.39 is 17.7 Å². The van der Waals surface area contributed by atoms with Crippen LogP contribution in [0.3, 0.4) is 0 Å². The second kappa shape index (κ2) is 3.49. The van der Waals surface area contributed by atoms with Crippen molar-refractivity contribution in [2.75, 3.05) is 11.4 Å². The Kier molecular flexibility index (Phi) is 2.30. The Balaban J connectivity index is 2.30. The van der Waals surface area contributed by atoms with Crippen molar-refractivity contribution in [1.82, 2.24) is 0 Å². The maximum absolute atomic E-state index is 12.9. The molecule has 0 aliphatic carbocycles. The summed E-state index contributed by atoms with van der Waals surface area (Å²) in [7, 11) is 0. The van der Waals surface area contributed by atoms with Gasteiger partial charge in [0, 0.05) is 6.07 Å². The van der Waals surface area contributed by atoms with E-state index in [9.17, 15) is 13.6 Å². The van der Waals surface area contributed by atoms with E-state index in [0.29, 0.717) is 12.2 Å². The van der Waals surface area contributed by atoms with Crippen molar-refractivity contribution in [2.24, 2.45) is 0 Å². The Morgan fingerprint density at radius 3 is 2.67 bits per heavy atom. The number of hydrogen-bond acceptors (Lipinski definition) is 2. The Labute approximate surface area is 85.3 Å². The van der Waals surface area contributed by atoms with Crippen LogP contribution in [0, 0.1) is 11.6 Å². The number of carbonyl (C=O) groups excluding carboxylic acids is 1. The van der Waals surface area contributed by atoms with Crippen molar-refractivity contribution in [3.8, 4) is 0 Å². The molecule has 0 aromatic heterocycles. The van der Waals surface area contributed by atoms with E-state index in [1.165, 1.54) is 11.0 Å². The van der Waals surface area contributed by atoms with Gasteiger partial charge in [-0.3, -0.25) is 4.90 Å². The van der Waals surface area contributed by atoms with Crippen LogP contribution in [-0.2, 0) is 4.74 Å². The Morgan fingerprint density at radius 2 is 2.13 bits per heavy atom. The fourth-order valence-electron chi connectivity index (χ4n) is 1.47. The molecule has 1 atom stereocenters. The topological polar surface area (TPSA) is 29.5 Å². The number of nitrogens with zero attached hydrogens (tertiary/aromatic N) is 1. The summed E-state index contributed by atoms with van der Waals surface area (Å²) in [6.45, 7) is 2.09. The highest BCUT2D eigenvalue weighted by atomic mass is 19.2. The van der Waals surface area contributed by atoms with Crippen molar-refractivity contribution in [3.05, 3.63) is 29.8 Å². The first kappa shape index (κ1) is 9.89. The first-order valence-electron chi connectivity index (χ1n) is 4.51. The number of rotatable bonds is 1. The lowest BCUT2D eigenvalue weighted by Crippen LogP contribution is -2.24. The van der Waals surface area contributed by atoms with E-state index in [4.69, 9.17) is 4.74 Å². The quantitative estimate of drug-likeness (QED) is 0.716. The average molecular weight is 213 g/mol. The van der Waals surface area contributed by atoms with E-state index in [-0.39, 0.29) is 6.10 Å². The van der Waals surface area contributed by atoms with E-state index in [1.807, 2.05) is 0 Å². The lowest BCUT2D eigenvalue weighted by molar-refractivity contribution is 0.150. The first-order chi connectivity index (χ1) is 7.08. The van der Waals surface area contributed by atoms with Crippen molar-refractivity contribution in [2.45, 2.75) is 13.0 Å². The van der Waals surface area contributed by atoms with Crippen molar-refractivity contribution in [3.63, 3.8) is 0 Å². The average Bonchev–Trinajstić information content (AvgIpc) is 2.50. The monoisotopic (exact) mass is 213 g/mol. The molecule has 0 unspecified atom stereocenters. The number of halogens is 2. The summed E-state index contributed by atoms with van der Waals surface area (Å²) in [5.74, 6) is -1.90. The molecule has 1 aromatic rings. The molecule has 0 radical (unpaired) electrons. The maximum Gasteiger partial charge on any atom is 0.414 e. The minimum Gasteiger partial charge on any atom is -0.444 e. The molecule has 5 heteroatoms. The lowest BCUT2D eigenvalue weighted by Gasteiger charge is -2.12. The van der Waals surface area contributed by atoms with Gasteiger partial charge in [-0.2, -0.15) is 0 Å². The first-order valence-corrected chi connectivity index (χ1v) is 4.51. The van der Waals surface area contributed by atoms with Gasteiger partial charge in [-0.1, -0.05) is 0 Å². The van der Waals surface area contributed by atoms with Gasteiger partial charge in [-0.15, -0.1) is 0 Å². The summed E-state index contributed by atoms with van der Waals surface area (Å²) in [5.41, 5.74) is 0.309. The van der Waals surface area contributed by atoms with E-state index in [1.54, 1.807) is 6.92 Å². The Bertz CT molecular complexity index is 408. The number of anilines is 1. The lowest BCUT2D eigenvalue weighted by atomic mass is 10.2. The molecule has 1 aliphatic rings. The highest BCUT2D eigenvalue weighted by Crippen LogP contribution is 2.23. The molecule has 0 N–H and O–H groups in total. The summed E-state index contributed by atoms with van der Waals surface area (Å²) >= 11 is 0. The molecule has 0 bridgehead atoms. The second-order valence-corrected chi connectivity index (χ2v) is 3.40. The standard InChI is InChI=1S/C10H9F2NO2/c1-6-5-13(10(14)15-6)7-2-3-8(11)9(12)4-7/h2-4,6H,5H2,1H3/t6-/m0/s1. The molecule has 1 saturated heterocycles. The highest BCUT2D eigenvalue weighted by molar-refractivity contribution is 5.89. The normalized spacial score (nSPS) is 20.6. The molecule has 1 aromatic carbocycles. The van der Waals surface area contributed by atoms with Gasteiger partial charge < -0.3 is 4.74 Å². The van der Waals surface area contributed by atoms with Gasteiger partial charge in [0.1, 0.15) is 6.10 Å². The van der Waals surface area contributed by atoms with Gasteiger partial charge in [0.15, 0.2) is 11.6 Å². The minimum atomic E-state index is -0.972. The molecule has 3 nitrogen and oxygen atoms in total. The third-order valence-corrected chi connectivity index (χ3v) is 2.18. The zero-order chi connectivity index (χ0) is 11.0. The predicted molar refractivity (Wildman–Crippen MR) is 49.6 cm³/mol. The molecule has 1 fully saturated rings. The van der Waals surface area contributed by atoms with Gasteiger partial charge in [0.05, 0.1) is 12.2 Å². The summed E-state index contributed by atoms with van der Waals surface area (Å²) in [5, 5.41) is 0. The maximum atomic E-state index is 12.9. The van der Waals surface area contributed by atoms with E-state index in [0.717, 1.165) is 12.1 Å². The summed E-state index contributed by atoms with van der Waals surface area (Å²) in [4.78, 5) is 12.5.